The van der Waals surface area contributed by atoms with Gasteiger partial charge in [0.25, 0.3) is 10.0 Å². The number of sulfonamides is 1. The predicted molar refractivity (Wildman–Crippen MR) is 135 cm³/mol. The summed E-state index contributed by atoms with van der Waals surface area (Å²) in [4.78, 5) is 18.8. The Balaban J connectivity index is 1.37. The minimum absolute atomic E-state index is 0.125. The van der Waals surface area contributed by atoms with Crippen molar-refractivity contribution < 1.29 is 17.9 Å². The van der Waals surface area contributed by atoms with E-state index in [-0.39, 0.29) is 10.8 Å². The van der Waals surface area contributed by atoms with Gasteiger partial charge in [-0.15, -0.1) is 11.3 Å². The van der Waals surface area contributed by atoms with Crippen molar-refractivity contribution in [2.45, 2.75) is 11.4 Å². The summed E-state index contributed by atoms with van der Waals surface area (Å²) in [5, 5.41) is 0.865. The first-order chi connectivity index (χ1) is 16.3. The number of thiazole rings is 1. The van der Waals surface area contributed by atoms with Crippen molar-refractivity contribution in [3.63, 3.8) is 0 Å². The molecule has 4 aromatic rings. The molecule has 4 rings (SSSR count). The first-order valence-corrected chi connectivity index (χ1v) is 12.7. The molecule has 1 amide bonds. The van der Waals surface area contributed by atoms with Crippen molar-refractivity contribution >= 4 is 49.2 Å². The molecule has 0 fully saturated rings. The zero-order valence-corrected chi connectivity index (χ0v) is 20.3. The summed E-state index contributed by atoms with van der Waals surface area (Å²) in [7, 11) is -0.470. The number of hydrogen-bond acceptors (Lipinski definition) is 6. The van der Waals surface area contributed by atoms with Crippen LogP contribution in [0.5, 0.6) is 5.75 Å². The van der Waals surface area contributed by atoms with E-state index in [2.05, 4.69) is 9.71 Å². The molecular formula is C25H23N3O4S2. The van der Waals surface area contributed by atoms with Gasteiger partial charge in [-0.1, -0.05) is 24.3 Å². The molecular weight excluding hydrogens is 470 g/mol. The van der Waals surface area contributed by atoms with Gasteiger partial charge in [-0.05, 0) is 60.2 Å². The Labute approximate surface area is 202 Å². The molecule has 0 atom stereocenters. The second kappa shape index (κ2) is 10.1. The normalized spacial score (nSPS) is 11.6. The lowest BCUT2D eigenvalue weighted by molar-refractivity contribution is -0.125. The molecule has 174 valence electrons. The number of carbonyl (C=O) groups is 1. The van der Waals surface area contributed by atoms with Crippen LogP contribution in [0.15, 0.2) is 83.8 Å². The summed E-state index contributed by atoms with van der Waals surface area (Å²) in [5.41, 5.74) is 2.08. The number of amides is 1. The summed E-state index contributed by atoms with van der Waals surface area (Å²) in [6.45, 7) is 0.413. The average Bonchev–Trinajstić information content (AvgIpc) is 3.25. The molecule has 0 bridgehead atoms. The van der Waals surface area contributed by atoms with Crippen molar-refractivity contribution in [3.05, 3.63) is 89.4 Å². The highest BCUT2D eigenvalue weighted by Gasteiger charge is 2.14. The first kappa shape index (κ1) is 23.5. The highest BCUT2D eigenvalue weighted by Crippen LogP contribution is 2.23. The molecule has 7 nitrogen and oxygen atoms in total. The molecule has 0 saturated heterocycles. The largest absolute Gasteiger partial charge is 0.497 e. The number of hydrogen-bond donors (Lipinski definition) is 1. The number of para-hydroxylation sites is 1. The van der Waals surface area contributed by atoms with Crippen LogP contribution in [0.1, 0.15) is 10.6 Å². The molecule has 1 heterocycles. The van der Waals surface area contributed by atoms with Crippen LogP contribution < -0.4 is 9.46 Å². The fourth-order valence-electron chi connectivity index (χ4n) is 3.19. The van der Waals surface area contributed by atoms with Gasteiger partial charge in [0.05, 0.1) is 28.8 Å². The number of anilines is 1. The minimum Gasteiger partial charge on any atom is -0.497 e. The van der Waals surface area contributed by atoms with Crippen LogP contribution in [0.2, 0.25) is 0 Å². The zero-order valence-electron chi connectivity index (χ0n) is 18.6. The maximum atomic E-state index is 12.6. The standard InChI is InChI=1S/C25H23N3O4S2/c1-28(17-24-26-22-5-3-4-6-23(22)33-24)25(29)16-9-18-7-14-21(15-8-18)34(30,31)27-19-10-12-20(32-2)13-11-19/h3-16,27H,17H2,1-2H3/b16-9+. The topological polar surface area (TPSA) is 88.6 Å². The van der Waals surface area contributed by atoms with E-state index in [1.165, 1.54) is 18.2 Å². The van der Waals surface area contributed by atoms with Crippen LogP contribution in [0.3, 0.4) is 0 Å². The lowest BCUT2D eigenvalue weighted by Crippen LogP contribution is -2.23. The summed E-state index contributed by atoms with van der Waals surface area (Å²) < 4.78 is 34.0. The number of fused-ring (bicyclic) bond motifs is 1. The third-order valence-corrected chi connectivity index (χ3v) is 7.46. The van der Waals surface area contributed by atoms with Gasteiger partial charge in [0.1, 0.15) is 10.8 Å². The van der Waals surface area contributed by atoms with Crippen molar-refractivity contribution in [1.29, 1.82) is 0 Å². The Morgan fingerprint density at radius 1 is 1.06 bits per heavy atom. The third-order valence-electron chi connectivity index (χ3n) is 5.04. The Kier molecular flexibility index (Phi) is 6.95. The molecule has 1 aromatic heterocycles. The molecule has 1 N–H and O–H groups in total. The molecule has 0 saturated carbocycles. The number of benzene rings is 3. The Morgan fingerprint density at radius 3 is 2.44 bits per heavy atom. The van der Waals surface area contributed by atoms with E-state index < -0.39 is 10.0 Å². The van der Waals surface area contributed by atoms with Gasteiger partial charge in [0, 0.05) is 18.8 Å². The van der Waals surface area contributed by atoms with E-state index in [9.17, 15) is 13.2 Å². The summed E-state index contributed by atoms with van der Waals surface area (Å²) in [6, 6.07) is 20.8. The Morgan fingerprint density at radius 2 is 1.76 bits per heavy atom. The second-order valence-corrected chi connectivity index (χ2v) is 10.3. The van der Waals surface area contributed by atoms with Crippen LogP contribution >= 0.6 is 11.3 Å². The fourth-order valence-corrected chi connectivity index (χ4v) is 5.27. The number of carbonyl (C=O) groups excluding carboxylic acids is 1. The Hall–Kier alpha value is -3.69. The van der Waals surface area contributed by atoms with Crippen molar-refractivity contribution in [3.8, 4) is 5.75 Å². The summed E-state index contributed by atoms with van der Waals surface area (Å²) in [5.74, 6) is 0.469. The lowest BCUT2D eigenvalue weighted by atomic mass is 10.2. The monoisotopic (exact) mass is 493 g/mol. The number of ether oxygens (including phenoxy) is 1. The Bertz CT molecular complexity index is 1390. The number of methoxy groups -OCH3 is 1. The van der Waals surface area contributed by atoms with Crippen molar-refractivity contribution in [2.24, 2.45) is 0 Å². The lowest BCUT2D eigenvalue weighted by Gasteiger charge is -2.12. The fraction of sp³-hybridized carbons (Fsp3) is 0.120. The number of likely N-dealkylation sites (N-methyl/N-ethyl adjacent to an activating group) is 1. The quantitative estimate of drug-likeness (QED) is 0.357. The maximum Gasteiger partial charge on any atom is 0.261 e. The van der Waals surface area contributed by atoms with Gasteiger partial charge < -0.3 is 9.64 Å². The second-order valence-electron chi connectivity index (χ2n) is 7.51. The maximum absolute atomic E-state index is 12.6. The molecule has 3 aromatic carbocycles. The smallest absolute Gasteiger partial charge is 0.261 e. The third kappa shape index (κ3) is 5.62. The van der Waals surface area contributed by atoms with Crippen molar-refractivity contribution in [2.75, 3.05) is 18.9 Å². The zero-order chi connectivity index (χ0) is 24.1. The molecule has 34 heavy (non-hydrogen) atoms. The minimum atomic E-state index is -3.74. The molecule has 0 spiro atoms. The van der Waals surface area contributed by atoms with Gasteiger partial charge in [-0.3, -0.25) is 9.52 Å². The van der Waals surface area contributed by atoms with Gasteiger partial charge in [0.15, 0.2) is 0 Å². The first-order valence-electron chi connectivity index (χ1n) is 10.4. The molecule has 0 aliphatic heterocycles. The van der Waals surface area contributed by atoms with E-state index >= 15 is 0 Å². The van der Waals surface area contributed by atoms with E-state index in [0.717, 1.165) is 15.2 Å². The summed E-state index contributed by atoms with van der Waals surface area (Å²) >= 11 is 1.57. The van der Waals surface area contributed by atoms with Crippen LogP contribution in [0, 0.1) is 0 Å². The number of nitrogens with zero attached hydrogens (tertiary/aromatic N) is 2. The number of rotatable bonds is 8. The van der Waals surface area contributed by atoms with E-state index in [0.29, 0.717) is 23.5 Å². The molecule has 0 radical (unpaired) electrons. The molecule has 0 unspecified atom stereocenters. The molecule has 0 aliphatic carbocycles. The van der Waals surface area contributed by atoms with Crippen LogP contribution in [0.4, 0.5) is 5.69 Å². The number of aromatic nitrogens is 1. The van der Waals surface area contributed by atoms with Crippen LogP contribution in [-0.2, 0) is 21.4 Å². The van der Waals surface area contributed by atoms with Gasteiger partial charge in [-0.25, -0.2) is 13.4 Å². The SMILES string of the molecule is COc1ccc(NS(=O)(=O)c2ccc(/C=C/C(=O)N(C)Cc3nc4ccccc4s3)cc2)cc1. The average molecular weight is 494 g/mol. The molecule has 9 heteroatoms. The van der Waals surface area contributed by atoms with E-state index in [4.69, 9.17) is 4.74 Å². The highest BCUT2D eigenvalue weighted by atomic mass is 32.2. The summed E-state index contributed by atoms with van der Waals surface area (Å²) in [6.07, 6.45) is 3.12. The molecule has 0 aliphatic rings. The van der Waals surface area contributed by atoms with Gasteiger partial charge in [-0.2, -0.15) is 0 Å². The van der Waals surface area contributed by atoms with Crippen LogP contribution in [0.25, 0.3) is 16.3 Å². The van der Waals surface area contributed by atoms with E-state index in [1.807, 2.05) is 24.3 Å². The predicted octanol–water partition coefficient (Wildman–Crippen LogP) is 4.78. The number of nitrogens with one attached hydrogen (secondary N) is 1. The van der Waals surface area contributed by atoms with Gasteiger partial charge >= 0.3 is 0 Å². The highest BCUT2D eigenvalue weighted by molar-refractivity contribution is 7.92. The van der Waals surface area contributed by atoms with Crippen molar-refractivity contribution in [1.82, 2.24) is 9.88 Å². The van der Waals surface area contributed by atoms with Gasteiger partial charge in [0.2, 0.25) is 5.91 Å². The van der Waals surface area contributed by atoms with Crippen LogP contribution in [-0.4, -0.2) is 38.4 Å². The van der Waals surface area contributed by atoms with E-state index in [1.54, 1.807) is 72.9 Å².